The second-order valence-electron chi connectivity index (χ2n) is 4.94. The van der Waals surface area contributed by atoms with E-state index >= 15 is 0 Å². The van der Waals surface area contributed by atoms with Gasteiger partial charge in [-0.05, 0) is 18.6 Å². The Morgan fingerprint density at radius 2 is 1.91 bits per heavy atom. The van der Waals surface area contributed by atoms with Crippen LogP contribution in [-0.4, -0.2) is 30.3 Å². The summed E-state index contributed by atoms with van der Waals surface area (Å²) in [5.74, 6) is -0.255. The van der Waals surface area contributed by atoms with Crippen LogP contribution in [0.5, 0.6) is 0 Å². The molecule has 0 saturated heterocycles. The van der Waals surface area contributed by atoms with Gasteiger partial charge in [-0.2, -0.15) is 0 Å². The number of nitrogens with zero attached hydrogens (tertiary/aromatic N) is 4. The lowest BCUT2D eigenvalue weighted by Crippen LogP contribution is -2.35. The average Bonchev–Trinajstić information content (AvgIpc) is 3.03. The van der Waals surface area contributed by atoms with Crippen LogP contribution in [0.1, 0.15) is 12.8 Å². The fraction of sp³-hybridized carbons (Fsp3) is 0.214. The van der Waals surface area contributed by atoms with Crippen LogP contribution >= 0.6 is 0 Å². The molecule has 2 heterocycles. The minimum atomic E-state index is -0.479. The first-order valence-corrected chi connectivity index (χ1v) is 7.01. The number of H-pyrrole nitrogens is 1. The molecule has 3 aromatic rings. The summed E-state index contributed by atoms with van der Waals surface area (Å²) in [7, 11) is 0. The van der Waals surface area contributed by atoms with Gasteiger partial charge in [-0.15, -0.1) is 10.2 Å². The molecule has 0 aliphatic carbocycles. The number of nitrogens with one attached hydrogen (secondary N) is 2. The Kier molecular flexibility index (Phi) is 4.00. The van der Waals surface area contributed by atoms with E-state index in [1.165, 1.54) is 17.3 Å². The van der Waals surface area contributed by atoms with Gasteiger partial charge >= 0.3 is 5.69 Å². The number of para-hydroxylation sites is 1. The summed E-state index contributed by atoms with van der Waals surface area (Å²) in [6, 6.07) is 6.81. The van der Waals surface area contributed by atoms with Gasteiger partial charge < -0.3 is 4.98 Å². The van der Waals surface area contributed by atoms with E-state index in [0.717, 1.165) is 4.57 Å². The van der Waals surface area contributed by atoms with Gasteiger partial charge in [0.05, 0.1) is 10.9 Å². The molecule has 0 aliphatic heterocycles. The van der Waals surface area contributed by atoms with Crippen molar-refractivity contribution in [1.29, 1.82) is 0 Å². The lowest BCUT2D eigenvalue weighted by molar-refractivity contribution is -0.117. The summed E-state index contributed by atoms with van der Waals surface area (Å²) in [5.41, 5.74) is 2.21. The Morgan fingerprint density at radius 3 is 2.70 bits per heavy atom. The monoisotopic (exact) mass is 314 g/mol. The van der Waals surface area contributed by atoms with E-state index in [9.17, 15) is 14.4 Å². The van der Waals surface area contributed by atoms with Crippen molar-refractivity contribution in [1.82, 2.24) is 24.4 Å². The predicted molar refractivity (Wildman–Crippen MR) is 82.5 cm³/mol. The molecule has 0 atom stereocenters. The highest BCUT2D eigenvalue weighted by Crippen LogP contribution is 2.03. The Balaban J connectivity index is 1.69. The highest BCUT2D eigenvalue weighted by atomic mass is 16.2. The highest BCUT2D eigenvalue weighted by Gasteiger charge is 2.08. The third-order valence-corrected chi connectivity index (χ3v) is 3.35. The number of fused-ring (bicyclic) bond motifs is 1. The number of carbonyl (C=O) groups excluding carboxylic acids is 1. The molecule has 3 rings (SSSR count). The van der Waals surface area contributed by atoms with Crippen LogP contribution in [0.2, 0.25) is 0 Å². The van der Waals surface area contributed by atoms with Gasteiger partial charge in [0.1, 0.15) is 12.7 Å². The summed E-state index contributed by atoms with van der Waals surface area (Å²) in [5, 5.41) is 7.57. The molecule has 23 heavy (non-hydrogen) atoms. The zero-order valence-electron chi connectivity index (χ0n) is 12.1. The first-order chi connectivity index (χ1) is 11.1. The van der Waals surface area contributed by atoms with Gasteiger partial charge in [0.2, 0.25) is 5.91 Å². The Hall–Kier alpha value is -3.23. The van der Waals surface area contributed by atoms with Gasteiger partial charge in [0.15, 0.2) is 0 Å². The summed E-state index contributed by atoms with van der Waals surface area (Å²) in [6.07, 6.45) is 3.24. The third-order valence-electron chi connectivity index (χ3n) is 3.35. The molecular formula is C14H14N6O3. The maximum absolute atomic E-state index is 12.3. The Morgan fingerprint density at radius 1 is 1.17 bits per heavy atom. The van der Waals surface area contributed by atoms with E-state index in [1.807, 2.05) is 0 Å². The van der Waals surface area contributed by atoms with Crippen LogP contribution in [0.15, 0.2) is 46.5 Å². The van der Waals surface area contributed by atoms with Gasteiger partial charge in [0, 0.05) is 13.0 Å². The van der Waals surface area contributed by atoms with Crippen LogP contribution in [0.25, 0.3) is 10.9 Å². The Labute approximate surface area is 129 Å². The lowest BCUT2D eigenvalue weighted by Gasteiger charge is -2.07. The van der Waals surface area contributed by atoms with E-state index in [4.69, 9.17) is 0 Å². The van der Waals surface area contributed by atoms with Crippen molar-refractivity contribution < 1.29 is 4.79 Å². The second-order valence-corrected chi connectivity index (χ2v) is 4.94. The van der Waals surface area contributed by atoms with Crippen LogP contribution in [-0.2, 0) is 11.3 Å². The molecule has 2 N–H and O–H groups in total. The highest BCUT2D eigenvalue weighted by molar-refractivity contribution is 5.83. The summed E-state index contributed by atoms with van der Waals surface area (Å²) < 4.78 is 2.44. The zero-order chi connectivity index (χ0) is 16.2. The number of carbonyl (C=O) groups is 1. The maximum atomic E-state index is 12.3. The largest absolute Gasteiger partial charge is 0.328 e. The third kappa shape index (κ3) is 3.18. The first kappa shape index (κ1) is 14.7. The summed E-state index contributed by atoms with van der Waals surface area (Å²) >= 11 is 0. The molecule has 0 saturated carbocycles. The van der Waals surface area contributed by atoms with Gasteiger partial charge in [-0.1, -0.05) is 12.1 Å². The molecule has 0 fully saturated rings. The molecule has 0 unspecified atom stereocenters. The number of aromatic amines is 1. The normalized spacial score (nSPS) is 10.8. The van der Waals surface area contributed by atoms with Crippen LogP contribution in [0.4, 0.5) is 0 Å². The van der Waals surface area contributed by atoms with Gasteiger partial charge in [-0.3, -0.25) is 19.6 Å². The van der Waals surface area contributed by atoms with Gasteiger partial charge in [0.25, 0.3) is 5.56 Å². The fourth-order valence-corrected chi connectivity index (χ4v) is 2.26. The molecule has 1 aromatic carbocycles. The molecule has 118 valence electrons. The molecule has 0 aliphatic rings. The molecular weight excluding hydrogens is 300 g/mol. The number of hydrogen-bond donors (Lipinski definition) is 2. The maximum Gasteiger partial charge on any atom is 0.328 e. The van der Waals surface area contributed by atoms with Crippen LogP contribution in [0, 0.1) is 0 Å². The number of aromatic nitrogens is 5. The van der Waals surface area contributed by atoms with Crippen molar-refractivity contribution >= 4 is 16.8 Å². The van der Waals surface area contributed by atoms with E-state index in [2.05, 4.69) is 20.6 Å². The molecule has 1 amide bonds. The predicted octanol–water partition coefficient (Wildman–Crippen LogP) is -0.168. The summed E-state index contributed by atoms with van der Waals surface area (Å²) in [6.45, 7) is 0.161. The van der Waals surface area contributed by atoms with Crippen LogP contribution < -0.4 is 16.7 Å². The van der Waals surface area contributed by atoms with Crippen molar-refractivity contribution in [2.24, 2.45) is 0 Å². The molecule has 0 bridgehead atoms. The molecule has 0 radical (unpaired) electrons. The topological polar surface area (TPSA) is 115 Å². The smallest absolute Gasteiger partial charge is 0.307 e. The quantitative estimate of drug-likeness (QED) is 0.678. The molecule has 9 nitrogen and oxygen atoms in total. The number of benzene rings is 1. The molecule has 2 aromatic heterocycles. The molecule has 0 spiro atoms. The van der Waals surface area contributed by atoms with E-state index < -0.39 is 5.69 Å². The van der Waals surface area contributed by atoms with Crippen LogP contribution in [0.3, 0.4) is 0 Å². The van der Waals surface area contributed by atoms with E-state index in [-0.39, 0.29) is 24.4 Å². The van der Waals surface area contributed by atoms with Crippen molar-refractivity contribution in [2.45, 2.75) is 19.4 Å². The number of rotatable bonds is 5. The number of hydrogen-bond acceptors (Lipinski definition) is 5. The summed E-state index contributed by atoms with van der Waals surface area (Å²) in [4.78, 5) is 38.7. The van der Waals surface area contributed by atoms with Crippen molar-refractivity contribution in [3.8, 4) is 0 Å². The fourth-order valence-electron chi connectivity index (χ4n) is 2.26. The first-order valence-electron chi connectivity index (χ1n) is 7.01. The van der Waals surface area contributed by atoms with Gasteiger partial charge in [-0.25, -0.2) is 9.47 Å². The van der Waals surface area contributed by atoms with Crippen molar-refractivity contribution in [2.75, 3.05) is 5.43 Å². The minimum Gasteiger partial charge on any atom is -0.307 e. The molecule has 9 heteroatoms. The zero-order valence-corrected chi connectivity index (χ0v) is 12.1. The van der Waals surface area contributed by atoms with Crippen molar-refractivity contribution in [3.63, 3.8) is 0 Å². The average molecular weight is 314 g/mol. The van der Waals surface area contributed by atoms with E-state index in [1.54, 1.807) is 24.3 Å². The van der Waals surface area contributed by atoms with Crippen molar-refractivity contribution in [3.05, 3.63) is 57.8 Å². The second kappa shape index (κ2) is 6.26. The van der Waals surface area contributed by atoms with E-state index in [0.29, 0.717) is 17.3 Å². The standard InChI is InChI=1S/C14H14N6O3/c21-12(18-19-8-15-16-9-19)6-3-7-20-13(22)10-4-1-2-5-11(10)17-14(20)23/h1-2,4-5,8-9H,3,6-7H2,(H,17,23)(H,18,21). The number of amides is 1. The SMILES string of the molecule is O=C(CCCn1c(=O)[nH]c2ccccc2c1=O)Nn1cnnc1. The lowest BCUT2D eigenvalue weighted by atomic mass is 10.2. The minimum absolute atomic E-state index is 0.161. The Bertz CT molecular complexity index is 941.